The van der Waals surface area contributed by atoms with E-state index in [4.69, 9.17) is 9.15 Å². The van der Waals surface area contributed by atoms with Crippen LogP contribution in [-0.2, 0) is 4.74 Å². The number of hydrogen-bond acceptors (Lipinski definition) is 6. The highest BCUT2D eigenvalue weighted by molar-refractivity contribution is 5.87. The minimum atomic E-state index is -0.460. The van der Waals surface area contributed by atoms with Gasteiger partial charge in [0.25, 0.3) is 6.01 Å². The number of carbonyl (C=O) groups is 1. The number of esters is 1. The summed E-state index contributed by atoms with van der Waals surface area (Å²) in [6.07, 6.45) is 1.30. The summed E-state index contributed by atoms with van der Waals surface area (Å²) in [7, 11) is 0. The Hall–Kier alpha value is -1.56. The van der Waals surface area contributed by atoms with Crippen LogP contribution in [0, 0.1) is 0 Å². The highest BCUT2D eigenvalue weighted by Gasteiger charge is 2.12. The number of aromatic nitrogens is 1. The second kappa shape index (κ2) is 7.71. The predicted octanol–water partition coefficient (Wildman–Crippen LogP) is 1.60. The average Bonchev–Trinajstić information content (AvgIpc) is 2.84. The van der Waals surface area contributed by atoms with Crippen molar-refractivity contribution < 1.29 is 13.9 Å². The van der Waals surface area contributed by atoms with Crippen molar-refractivity contribution in [3.63, 3.8) is 0 Å². The smallest absolute Gasteiger partial charge is 0.360 e. The predicted molar refractivity (Wildman–Crippen MR) is 68.7 cm³/mol. The zero-order valence-corrected chi connectivity index (χ0v) is 11.2. The number of rotatable bonds is 8. The maximum Gasteiger partial charge on any atom is 0.360 e. The lowest BCUT2D eigenvalue weighted by Crippen LogP contribution is -2.28. The number of hydrogen-bond donors (Lipinski definition) is 1. The standard InChI is InChI=1S/C12H21N3O3/c1-4-15(5-2)8-7-13-12-14-10(9-18-12)11(16)17-6-3/h9H,4-8H2,1-3H3,(H,13,14). The van der Waals surface area contributed by atoms with Crippen molar-refractivity contribution in [1.82, 2.24) is 9.88 Å². The van der Waals surface area contributed by atoms with Crippen molar-refractivity contribution in [2.75, 3.05) is 38.1 Å². The molecule has 0 unspecified atom stereocenters. The first-order valence-corrected chi connectivity index (χ1v) is 6.30. The van der Waals surface area contributed by atoms with Gasteiger partial charge >= 0.3 is 5.97 Å². The van der Waals surface area contributed by atoms with Crippen LogP contribution in [0.4, 0.5) is 6.01 Å². The summed E-state index contributed by atoms with van der Waals surface area (Å²) in [5, 5.41) is 3.03. The second-order valence-corrected chi connectivity index (χ2v) is 3.71. The Labute approximate surface area is 107 Å². The van der Waals surface area contributed by atoms with Crippen LogP contribution in [0.5, 0.6) is 0 Å². The topological polar surface area (TPSA) is 67.6 Å². The van der Waals surface area contributed by atoms with Crippen molar-refractivity contribution >= 4 is 12.0 Å². The zero-order valence-electron chi connectivity index (χ0n) is 11.2. The van der Waals surface area contributed by atoms with Crippen molar-refractivity contribution in [2.24, 2.45) is 0 Å². The fraction of sp³-hybridized carbons (Fsp3) is 0.667. The molecular formula is C12H21N3O3. The molecule has 1 aromatic rings. The number of likely N-dealkylation sites (N-methyl/N-ethyl adjacent to an activating group) is 1. The van der Waals surface area contributed by atoms with Gasteiger partial charge in [0.2, 0.25) is 0 Å². The molecule has 1 rings (SSSR count). The SMILES string of the molecule is CCOC(=O)c1coc(NCCN(CC)CC)n1. The lowest BCUT2D eigenvalue weighted by atomic mass is 10.4. The van der Waals surface area contributed by atoms with Crippen molar-refractivity contribution in [1.29, 1.82) is 0 Å². The van der Waals surface area contributed by atoms with E-state index in [2.05, 4.69) is 29.0 Å². The molecule has 0 atom stereocenters. The van der Waals surface area contributed by atoms with E-state index in [1.54, 1.807) is 6.92 Å². The van der Waals surface area contributed by atoms with Crippen LogP contribution in [0.2, 0.25) is 0 Å². The molecule has 102 valence electrons. The largest absolute Gasteiger partial charge is 0.461 e. The second-order valence-electron chi connectivity index (χ2n) is 3.71. The van der Waals surface area contributed by atoms with E-state index >= 15 is 0 Å². The van der Waals surface area contributed by atoms with Gasteiger partial charge in [-0.05, 0) is 20.0 Å². The zero-order chi connectivity index (χ0) is 13.4. The van der Waals surface area contributed by atoms with Crippen molar-refractivity contribution in [2.45, 2.75) is 20.8 Å². The summed E-state index contributed by atoms with van der Waals surface area (Å²) in [6, 6.07) is 0.352. The normalized spacial score (nSPS) is 10.7. The number of carbonyl (C=O) groups excluding carboxylic acids is 1. The van der Waals surface area contributed by atoms with Crippen LogP contribution in [-0.4, -0.2) is 48.6 Å². The van der Waals surface area contributed by atoms with Crippen LogP contribution in [0.1, 0.15) is 31.3 Å². The third-order valence-corrected chi connectivity index (χ3v) is 2.59. The molecule has 0 aromatic carbocycles. The van der Waals surface area contributed by atoms with Gasteiger partial charge in [-0.3, -0.25) is 0 Å². The summed E-state index contributed by atoms with van der Waals surface area (Å²) in [6.45, 7) is 9.98. The fourth-order valence-electron chi connectivity index (χ4n) is 1.51. The molecular weight excluding hydrogens is 234 g/mol. The Morgan fingerprint density at radius 1 is 1.44 bits per heavy atom. The molecule has 18 heavy (non-hydrogen) atoms. The van der Waals surface area contributed by atoms with Gasteiger partial charge in [0.1, 0.15) is 6.26 Å². The van der Waals surface area contributed by atoms with Gasteiger partial charge < -0.3 is 19.4 Å². The minimum Gasteiger partial charge on any atom is -0.461 e. The first-order valence-electron chi connectivity index (χ1n) is 6.30. The van der Waals surface area contributed by atoms with E-state index in [9.17, 15) is 4.79 Å². The van der Waals surface area contributed by atoms with E-state index < -0.39 is 5.97 Å². The quantitative estimate of drug-likeness (QED) is 0.712. The maximum absolute atomic E-state index is 11.4. The molecule has 0 spiro atoms. The molecule has 0 aliphatic heterocycles. The van der Waals surface area contributed by atoms with Gasteiger partial charge in [-0.25, -0.2) is 4.79 Å². The third-order valence-electron chi connectivity index (χ3n) is 2.59. The first-order chi connectivity index (χ1) is 8.71. The van der Waals surface area contributed by atoms with E-state index in [1.807, 2.05) is 0 Å². The first kappa shape index (κ1) is 14.5. The summed E-state index contributed by atoms with van der Waals surface area (Å²) < 4.78 is 9.96. The highest BCUT2D eigenvalue weighted by Crippen LogP contribution is 2.08. The Morgan fingerprint density at radius 3 is 2.78 bits per heavy atom. The molecule has 1 aromatic heterocycles. The number of ether oxygens (including phenoxy) is 1. The Morgan fingerprint density at radius 2 is 2.17 bits per heavy atom. The van der Waals surface area contributed by atoms with Gasteiger partial charge in [-0.2, -0.15) is 4.98 Å². The maximum atomic E-state index is 11.4. The lowest BCUT2D eigenvalue weighted by Gasteiger charge is -2.17. The van der Waals surface area contributed by atoms with Crippen LogP contribution >= 0.6 is 0 Å². The van der Waals surface area contributed by atoms with Gasteiger partial charge in [-0.15, -0.1) is 0 Å². The Kier molecular flexibility index (Phi) is 6.21. The molecule has 0 fully saturated rings. The molecule has 0 radical (unpaired) electrons. The molecule has 1 N–H and O–H groups in total. The van der Waals surface area contributed by atoms with Crippen LogP contribution in [0.15, 0.2) is 10.7 Å². The molecule has 0 bridgehead atoms. The van der Waals surface area contributed by atoms with E-state index in [1.165, 1.54) is 6.26 Å². The van der Waals surface area contributed by atoms with Crippen molar-refractivity contribution in [3.8, 4) is 0 Å². The number of nitrogens with zero attached hydrogens (tertiary/aromatic N) is 2. The monoisotopic (exact) mass is 255 g/mol. The average molecular weight is 255 g/mol. The Bertz CT molecular complexity index is 361. The number of oxazole rings is 1. The fourth-order valence-corrected chi connectivity index (χ4v) is 1.51. The number of anilines is 1. The molecule has 6 heteroatoms. The van der Waals surface area contributed by atoms with Gasteiger partial charge in [0, 0.05) is 13.1 Å². The summed E-state index contributed by atoms with van der Waals surface area (Å²) >= 11 is 0. The molecule has 1 heterocycles. The third kappa shape index (κ3) is 4.37. The number of nitrogens with one attached hydrogen (secondary N) is 1. The molecule has 0 saturated carbocycles. The van der Waals surface area contributed by atoms with E-state index in [0.29, 0.717) is 12.6 Å². The summed E-state index contributed by atoms with van der Waals surface area (Å²) in [5.41, 5.74) is 0.196. The van der Waals surface area contributed by atoms with Gasteiger partial charge in [0.05, 0.1) is 6.61 Å². The summed E-state index contributed by atoms with van der Waals surface area (Å²) in [4.78, 5) is 17.6. The molecule has 0 saturated heterocycles. The minimum absolute atomic E-state index is 0.196. The van der Waals surface area contributed by atoms with Crippen LogP contribution < -0.4 is 5.32 Å². The molecule has 0 aliphatic carbocycles. The van der Waals surface area contributed by atoms with Gasteiger partial charge in [0.15, 0.2) is 5.69 Å². The van der Waals surface area contributed by atoms with Gasteiger partial charge in [-0.1, -0.05) is 13.8 Å². The van der Waals surface area contributed by atoms with Crippen LogP contribution in [0.25, 0.3) is 0 Å². The van der Waals surface area contributed by atoms with Crippen LogP contribution in [0.3, 0.4) is 0 Å². The lowest BCUT2D eigenvalue weighted by molar-refractivity contribution is 0.0519. The van der Waals surface area contributed by atoms with E-state index in [0.717, 1.165) is 26.2 Å². The summed E-state index contributed by atoms with van der Waals surface area (Å²) in [5.74, 6) is -0.460. The molecule has 0 aliphatic rings. The van der Waals surface area contributed by atoms with Crippen molar-refractivity contribution in [3.05, 3.63) is 12.0 Å². The molecule has 0 amide bonds. The Balaban J connectivity index is 2.37. The van der Waals surface area contributed by atoms with E-state index in [-0.39, 0.29) is 5.69 Å². The molecule has 6 nitrogen and oxygen atoms in total. The highest BCUT2D eigenvalue weighted by atomic mass is 16.5.